The molecule has 6 nitrogen and oxygen atoms in total. The van der Waals surface area contributed by atoms with Gasteiger partial charge in [-0.1, -0.05) is 41.4 Å². The van der Waals surface area contributed by atoms with Crippen LogP contribution < -0.4 is 10.6 Å². The van der Waals surface area contributed by atoms with E-state index in [0.29, 0.717) is 21.3 Å². The van der Waals surface area contributed by atoms with Crippen molar-refractivity contribution in [2.24, 2.45) is 0 Å². The van der Waals surface area contributed by atoms with E-state index in [9.17, 15) is 14.4 Å². The molecule has 0 spiro atoms. The van der Waals surface area contributed by atoms with Crippen molar-refractivity contribution in [3.8, 4) is 0 Å². The maximum absolute atomic E-state index is 13.0. The van der Waals surface area contributed by atoms with Crippen LogP contribution in [0.4, 0.5) is 10.7 Å². The summed E-state index contributed by atoms with van der Waals surface area (Å²) in [4.78, 5) is 38.2. The van der Waals surface area contributed by atoms with Gasteiger partial charge in [-0.05, 0) is 54.8 Å². The molecule has 3 rings (SSSR count). The number of hydrogen-bond donors (Lipinski definition) is 2. The largest absolute Gasteiger partial charge is 0.465 e. The molecule has 2 N–H and O–H groups in total. The number of ether oxygens (including phenoxy) is 1. The Bertz CT molecular complexity index is 1190. The van der Waals surface area contributed by atoms with Gasteiger partial charge in [-0.2, -0.15) is 0 Å². The number of nitrogens with one attached hydrogen (secondary N) is 2. The highest BCUT2D eigenvalue weighted by Gasteiger charge is 2.26. The fourth-order valence-corrected chi connectivity index (χ4v) is 4.45. The highest BCUT2D eigenvalue weighted by Crippen LogP contribution is 2.35. The summed E-state index contributed by atoms with van der Waals surface area (Å²) < 4.78 is 4.87. The lowest BCUT2D eigenvalue weighted by Crippen LogP contribution is -2.16. The first-order chi connectivity index (χ1) is 15.2. The Morgan fingerprint density at radius 2 is 1.66 bits per heavy atom. The van der Waals surface area contributed by atoms with Crippen molar-refractivity contribution in [1.82, 2.24) is 0 Å². The van der Waals surface area contributed by atoms with Crippen molar-refractivity contribution < 1.29 is 19.1 Å². The van der Waals surface area contributed by atoms with Crippen molar-refractivity contribution in [3.63, 3.8) is 0 Å². The Balaban J connectivity index is 1.87. The molecule has 0 fully saturated rings. The highest BCUT2D eigenvalue weighted by molar-refractivity contribution is 7.19. The minimum absolute atomic E-state index is 0.0813. The Kier molecular flexibility index (Phi) is 7.56. The van der Waals surface area contributed by atoms with Gasteiger partial charge in [0.1, 0.15) is 5.00 Å². The van der Waals surface area contributed by atoms with Crippen LogP contribution in [0, 0.1) is 13.8 Å². The van der Waals surface area contributed by atoms with E-state index >= 15 is 0 Å². The molecule has 0 saturated heterocycles. The average molecular weight is 491 g/mol. The molecule has 0 atom stereocenters. The molecule has 1 heterocycles. The van der Waals surface area contributed by atoms with Gasteiger partial charge in [0, 0.05) is 15.7 Å². The summed E-state index contributed by atoms with van der Waals surface area (Å²) in [6.07, 6.45) is 0.0813. The van der Waals surface area contributed by atoms with Gasteiger partial charge in [-0.15, -0.1) is 11.3 Å². The van der Waals surface area contributed by atoms with Gasteiger partial charge in [-0.25, -0.2) is 4.79 Å². The first kappa shape index (κ1) is 23.8. The number of esters is 1. The smallest absolute Gasteiger partial charge is 0.341 e. The number of methoxy groups -OCH3 is 1. The predicted molar refractivity (Wildman–Crippen MR) is 128 cm³/mol. The third kappa shape index (κ3) is 5.30. The molecular formula is C23H20Cl2N2O4S. The van der Waals surface area contributed by atoms with Gasteiger partial charge < -0.3 is 15.4 Å². The van der Waals surface area contributed by atoms with Gasteiger partial charge in [0.25, 0.3) is 5.91 Å². The molecule has 0 unspecified atom stereocenters. The Morgan fingerprint density at radius 1 is 0.969 bits per heavy atom. The second-order valence-electron chi connectivity index (χ2n) is 6.97. The van der Waals surface area contributed by atoms with Crippen LogP contribution in [-0.4, -0.2) is 24.9 Å². The van der Waals surface area contributed by atoms with Crippen molar-refractivity contribution in [2.45, 2.75) is 20.3 Å². The van der Waals surface area contributed by atoms with Gasteiger partial charge in [0.15, 0.2) is 0 Å². The molecule has 0 saturated carbocycles. The lowest BCUT2D eigenvalue weighted by atomic mass is 10.1. The normalized spacial score (nSPS) is 10.5. The van der Waals surface area contributed by atoms with E-state index < -0.39 is 11.9 Å². The molecule has 2 amide bonds. The Morgan fingerprint density at radius 3 is 2.31 bits per heavy atom. The number of amides is 2. The summed E-state index contributed by atoms with van der Waals surface area (Å²) in [5.41, 5.74) is 2.61. The average Bonchev–Trinajstić information content (AvgIpc) is 3.08. The van der Waals surface area contributed by atoms with Crippen LogP contribution in [0.5, 0.6) is 0 Å². The zero-order chi connectivity index (χ0) is 23.4. The van der Waals surface area contributed by atoms with E-state index in [-0.39, 0.29) is 27.8 Å². The van der Waals surface area contributed by atoms with Gasteiger partial charge in [0.2, 0.25) is 5.91 Å². The van der Waals surface area contributed by atoms with Crippen molar-refractivity contribution in [3.05, 3.63) is 79.6 Å². The molecule has 1 aromatic heterocycles. The molecule has 166 valence electrons. The molecule has 32 heavy (non-hydrogen) atoms. The topological polar surface area (TPSA) is 84.5 Å². The van der Waals surface area contributed by atoms with Crippen molar-refractivity contribution in [1.29, 1.82) is 0 Å². The standard InChI is InChI=1S/C23H20Cl2N2O4S/c1-12-16(25)5-4-6-17(12)26-21(29)20-13(2)19(23(30)31-3)22(32-20)27-18(28)11-14-7-9-15(24)10-8-14/h4-10H,11H2,1-3H3,(H,26,29)(H,27,28). The SMILES string of the molecule is COC(=O)c1c(NC(=O)Cc2ccc(Cl)cc2)sc(C(=O)Nc2cccc(Cl)c2C)c1C. The quantitative estimate of drug-likeness (QED) is 0.421. The third-order valence-electron chi connectivity index (χ3n) is 4.79. The molecule has 0 bridgehead atoms. The first-order valence-corrected chi connectivity index (χ1v) is 11.1. The van der Waals surface area contributed by atoms with Gasteiger partial charge >= 0.3 is 5.97 Å². The fourth-order valence-electron chi connectivity index (χ4n) is 3.05. The second kappa shape index (κ2) is 10.2. The number of anilines is 2. The molecule has 0 radical (unpaired) electrons. The Hall–Kier alpha value is -2.87. The van der Waals surface area contributed by atoms with E-state index in [4.69, 9.17) is 27.9 Å². The van der Waals surface area contributed by atoms with E-state index in [1.165, 1.54) is 7.11 Å². The third-order valence-corrected chi connectivity index (χ3v) is 6.66. The monoisotopic (exact) mass is 490 g/mol. The summed E-state index contributed by atoms with van der Waals surface area (Å²) >= 11 is 13.0. The number of hydrogen-bond acceptors (Lipinski definition) is 5. The number of carbonyl (C=O) groups is 3. The van der Waals surface area contributed by atoms with Crippen LogP contribution >= 0.6 is 34.5 Å². The summed E-state index contributed by atoms with van der Waals surface area (Å²) in [6.45, 7) is 3.43. The number of halogens is 2. The van der Waals surface area contributed by atoms with E-state index in [1.807, 2.05) is 0 Å². The minimum Gasteiger partial charge on any atom is -0.465 e. The molecule has 0 aliphatic carbocycles. The molecule has 9 heteroatoms. The van der Waals surface area contributed by atoms with E-state index in [0.717, 1.165) is 22.5 Å². The molecular weight excluding hydrogens is 471 g/mol. The van der Waals surface area contributed by atoms with Crippen molar-refractivity contribution >= 4 is 63.0 Å². The van der Waals surface area contributed by atoms with Gasteiger partial charge in [0.05, 0.1) is 24.0 Å². The number of carbonyl (C=O) groups excluding carboxylic acids is 3. The molecule has 0 aliphatic rings. The maximum atomic E-state index is 13.0. The predicted octanol–water partition coefficient (Wildman–Crippen LogP) is 5.89. The summed E-state index contributed by atoms with van der Waals surface area (Å²) in [6, 6.07) is 12.1. The maximum Gasteiger partial charge on any atom is 0.341 e. The second-order valence-corrected chi connectivity index (χ2v) is 8.83. The van der Waals surface area contributed by atoms with Crippen molar-refractivity contribution in [2.75, 3.05) is 17.7 Å². The first-order valence-electron chi connectivity index (χ1n) is 9.53. The van der Waals surface area contributed by atoms with Gasteiger partial charge in [-0.3, -0.25) is 9.59 Å². The molecule has 3 aromatic rings. The van der Waals surface area contributed by atoms with Crippen LogP contribution in [0.15, 0.2) is 42.5 Å². The Labute approximate surface area is 199 Å². The molecule has 0 aliphatic heterocycles. The lowest BCUT2D eigenvalue weighted by molar-refractivity contribution is -0.115. The summed E-state index contributed by atoms with van der Waals surface area (Å²) in [7, 11) is 1.24. The minimum atomic E-state index is -0.640. The highest BCUT2D eigenvalue weighted by atomic mass is 35.5. The van der Waals surface area contributed by atoms with Crippen LogP contribution in [0.1, 0.15) is 36.7 Å². The molecule has 2 aromatic carbocycles. The summed E-state index contributed by atoms with van der Waals surface area (Å²) in [5, 5.41) is 6.89. The number of rotatable bonds is 6. The number of benzene rings is 2. The van der Waals surface area contributed by atoms with E-state index in [1.54, 1.807) is 56.3 Å². The zero-order valence-electron chi connectivity index (χ0n) is 17.5. The fraction of sp³-hybridized carbons (Fsp3) is 0.174. The van der Waals surface area contributed by atoms with E-state index in [2.05, 4.69) is 10.6 Å². The number of thiophene rings is 1. The van der Waals surface area contributed by atoms with Crippen LogP contribution in [0.25, 0.3) is 0 Å². The zero-order valence-corrected chi connectivity index (χ0v) is 19.9. The van der Waals surface area contributed by atoms with Crippen LogP contribution in [0.3, 0.4) is 0 Å². The van der Waals surface area contributed by atoms with Crippen LogP contribution in [-0.2, 0) is 16.0 Å². The summed E-state index contributed by atoms with van der Waals surface area (Å²) in [5.74, 6) is -1.39. The van der Waals surface area contributed by atoms with Crippen LogP contribution in [0.2, 0.25) is 10.0 Å². The lowest BCUT2D eigenvalue weighted by Gasteiger charge is -2.09.